The van der Waals surface area contributed by atoms with Gasteiger partial charge in [-0.1, -0.05) is 153 Å². The first-order valence-corrected chi connectivity index (χ1v) is 14.8. The highest BCUT2D eigenvalue weighted by atomic mass is 14.4. The average molecular weight is 552 g/mol. The van der Waals surface area contributed by atoms with Crippen molar-refractivity contribution in [2.45, 2.75) is 19.3 Å². The normalized spacial score (nSPS) is 15.2. The maximum absolute atomic E-state index is 9.01. The molecule has 0 amide bonds. The van der Waals surface area contributed by atoms with Crippen molar-refractivity contribution in [2.24, 2.45) is 0 Å². The first kappa shape index (κ1) is 19.8. The van der Waals surface area contributed by atoms with E-state index in [0.29, 0.717) is 5.56 Å². The van der Waals surface area contributed by atoms with Gasteiger partial charge < -0.3 is 0 Å². The molecule has 1 aliphatic rings. The molecule has 0 saturated heterocycles. The number of rotatable bonds is 2. The minimum atomic E-state index is -0.391. The van der Waals surface area contributed by atoms with E-state index >= 15 is 0 Å². The highest BCUT2D eigenvalue weighted by molar-refractivity contribution is 6.28. The molecule has 0 heterocycles. The molecule has 0 spiro atoms. The second-order valence-corrected chi connectivity index (χ2v) is 12.1. The molecule has 0 radical (unpaired) electrons. The van der Waals surface area contributed by atoms with E-state index in [-0.39, 0.29) is 35.1 Å². The van der Waals surface area contributed by atoms with Gasteiger partial charge in [0.15, 0.2) is 0 Å². The van der Waals surface area contributed by atoms with Gasteiger partial charge in [-0.05, 0) is 93.7 Å². The summed E-state index contributed by atoms with van der Waals surface area (Å²) in [5.41, 5.74) is 8.19. The van der Waals surface area contributed by atoms with Crippen LogP contribution in [0.15, 0.2) is 145 Å². The molecule has 0 atom stereocenters. The van der Waals surface area contributed by atoms with Gasteiger partial charge in [-0.3, -0.25) is 0 Å². The quantitative estimate of drug-likeness (QED) is 0.148. The minimum absolute atomic E-state index is 0.128. The highest BCUT2D eigenvalue weighted by Crippen LogP contribution is 2.52. The summed E-state index contributed by atoms with van der Waals surface area (Å²) in [6.45, 7) is 4.63. The maximum Gasteiger partial charge on any atom is 0.0629 e. The molecule has 9 rings (SSSR count). The third-order valence-electron chi connectivity index (χ3n) is 9.49. The smallest absolute Gasteiger partial charge is 0.0622 e. The Kier molecular flexibility index (Phi) is 4.11. The Morgan fingerprint density at radius 2 is 1.16 bits per heavy atom. The molecule has 8 aromatic carbocycles. The Morgan fingerprint density at radius 3 is 2.00 bits per heavy atom. The van der Waals surface area contributed by atoms with Crippen LogP contribution in [0.5, 0.6) is 0 Å². The summed E-state index contributed by atoms with van der Waals surface area (Å²) >= 11 is 0. The van der Waals surface area contributed by atoms with Crippen molar-refractivity contribution in [3.8, 4) is 33.4 Å². The predicted molar refractivity (Wildman–Crippen MR) is 185 cm³/mol. The van der Waals surface area contributed by atoms with Gasteiger partial charge in [0.1, 0.15) is 0 Å². The van der Waals surface area contributed by atoms with Gasteiger partial charge in [-0.25, -0.2) is 0 Å². The fraction of sp³-hybridized carbons (Fsp3) is 0.0698. The Labute approximate surface area is 258 Å². The molecule has 0 saturated carbocycles. The molecule has 0 aliphatic heterocycles. The zero-order chi connectivity index (χ0) is 33.1. The van der Waals surface area contributed by atoms with Gasteiger partial charge in [0.25, 0.3) is 0 Å². The van der Waals surface area contributed by atoms with Crippen molar-refractivity contribution < 1.29 is 6.85 Å². The number of fused-ring (bicyclic) bond motifs is 9. The molecule has 8 aromatic rings. The van der Waals surface area contributed by atoms with Crippen LogP contribution in [0.1, 0.15) is 31.8 Å². The van der Waals surface area contributed by atoms with E-state index < -0.39 is 6.04 Å². The SMILES string of the molecule is [2H]c1c([2H])c([2H])c(-c2c3ccccc3c(-c3ccc4c5c(ccc4c3)-c3ccccc3C5(C)C)c3ccc4ccccc4c23)c([2H])c1[2H]. The highest BCUT2D eigenvalue weighted by Gasteiger charge is 2.36. The lowest BCUT2D eigenvalue weighted by molar-refractivity contribution is 0.666. The van der Waals surface area contributed by atoms with Crippen molar-refractivity contribution in [1.82, 2.24) is 0 Å². The van der Waals surface area contributed by atoms with Crippen LogP contribution < -0.4 is 0 Å². The number of benzene rings is 8. The fourth-order valence-corrected chi connectivity index (χ4v) is 7.67. The lowest BCUT2D eigenvalue weighted by atomic mass is 9.79. The molecule has 0 aromatic heterocycles. The van der Waals surface area contributed by atoms with Gasteiger partial charge in [-0.2, -0.15) is 0 Å². The van der Waals surface area contributed by atoms with E-state index in [4.69, 9.17) is 6.85 Å². The molecule has 0 fully saturated rings. The standard InChI is InChI=1S/C43H30/c1-43(2)38-19-11-10-16-33(38)36-24-21-29-26-30(22-23-32(29)42(36)43)39-34-17-8-9-18-35(34)40(28-13-4-3-5-14-28)41-31-15-7-6-12-27(31)20-25-37(39)41/h3-26H,1-2H3/i3D,4D,5D,13D,14D. The molecule has 202 valence electrons. The molecular formula is C43H30. The maximum atomic E-state index is 9.01. The van der Waals surface area contributed by atoms with E-state index in [0.717, 1.165) is 43.4 Å². The molecule has 0 nitrogen and oxygen atoms in total. The van der Waals surface area contributed by atoms with Gasteiger partial charge >= 0.3 is 0 Å². The van der Waals surface area contributed by atoms with Crippen LogP contribution in [0, 0.1) is 0 Å². The third-order valence-corrected chi connectivity index (χ3v) is 9.49. The van der Waals surface area contributed by atoms with Crippen LogP contribution >= 0.6 is 0 Å². The summed E-state index contributed by atoms with van der Waals surface area (Å²) in [5.74, 6) is 0. The predicted octanol–water partition coefficient (Wildman–Crippen LogP) is 11.9. The van der Waals surface area contributed by atoms with Crippen LogP contribution in [-0.2, 0) is 5.41 Å². The van der Waals surface area contributed by atoms with E-state index in [1.54, 1.807) is 0 Å². The molecule has 0 bridgehead atoms. The first-order chi connectivity index (χ1) is 23.2. The van der Waals surface area contributed by atoms with Crippen molar-refractivity contribution in [1.29, 1.82) is 0 Å². The molecule has 1 aliphatic carbocycles. The summed E-state index contributed by atoms with van der Waals surface area (Å²) in [6.07, 6.45) is 0. The molecule has 43 heavy (non-hydrogen) atoms. The van der Waals surface area contributed by atoms with E-state index in [1.807, 2.05) is 30.3 Å². The van der Waals surface area contributed by atoms with Crippen molar-refractivity contribution in [3.05, 3.63) is 157 Å². The summed E-state index contributed by atoms with van der Waals surface area (Å²) in [6, 6.07) is 39.0. The summed E-state index contributed by atoms with van der Waals surface area (Å²) in [5, 5.41) is 8.08. The van der Waals surface area contributed by atoms with Crippen molar-refractivity contribution in [2.75, 3.05) is 0 Å². The zero-order valence-electron chi connectivity index (χ0n) is 29.0. The summed E-state index contributed by atoms with van der Waals surface area (Å²) in [7, 11) is 0. The lowest BCUT2D eigenvalue weighted by Crippen LogP contribution is -2.15. The number of hydrogen-bond donors (Lipinski definition) is 0. The zero-order valence-corrected chi connectivity index (χ0v) is 24.0. The topological polar surface area (TPSA) is 0 Å². The Hall–Kier alpha value is -5.20. The second-order valence-electron chi connectivity index (χ2n) is 12.1. The second kappa shape index (κ2) is 8.90. The summed E-state index contributed by atoms with van der Waals surface area (Å²) in [4.78, 5) is 0. The van der Waals surface area contributed by atoms with E-state index in [9.17, 15) is 0 Å². The molecule has 0 heteroatoms. The van der Waals surface area contributed by atoms with Crippen LogP contribution in [0.25, 0.3) is 76.5 Å². The Balaban J connectivity index is 1.41. The van der Waals surface area contributed by atoms with E-state index in [1.165, 1.54) is 33.0 Å². The van der Waals surface area contributed by atoms with Crippen LogP contribution in [-0.4, -0.2) is 0 Å². The number of hydrogen-bond acceptors (Lipinski definition) is 0. The van der Waals surface area contributed by atoms with Crippen LogP contribution in [0.4, 0.5) is 0 Å². The molecule has 0 N–H and O–H groups in total. The monoisotopic (exact) mass is 551 g/mol. The van der Waals surface area contributed by atoms with Gasteiger partial charge in [0.05, 0.1) is 6.85 Å². The lowest BCUT2D eigenvalue weighted by Gasteiger charge is -2.23. The first-order valence-electron chi connectivity index (χ1n) is 17.3. The fourth-order valence-electron chi connectivity index (χ4n) is 7.67. The third kappa shape index (κ3) is 3.38. The Morgan fingerprint density at radius 1 is 0.488 bits per heavy atom. The van der Waals surface area contributed by atoms with E-state index in [2.05, 4.69) is 98.8 Å². The van der Waals surface area contributed by atoms with Gasteiger partial charge in [0.2, 0.25) is 0 Å². The molecule has 0 unspecified atom stereocenters. The van der Waals surface area contributed by atoms with Crippen LogP contribution in [0.2, 0.25) is 0 Å². The van der Waals surface area contributed by atoms with Crippen molar-refractivity contribution >= 4 is 43.1 Å². The van der Waals surface area contributed by atoms with Crippen LogP contribution in [0.3, 0.4) is 0 Å². The molecular weight excluding hydrogens is 516 g/mol. The minimum Gasteiger partial charge on any atom is -0.0622 e. The Bertz CT molecular complexity index is 2670. The van der Waals surface area contributed by atoms with Gasteiger partial charge in [-0.15, -0.1) is 0 Å². The average Bonchev–Trinajstić information content (AvgIpc) is 3.35. The van der Waals surface area contributed by atoms with Gasteiger partial charge in [0, 0.05) is 5.41 Å². The van der Waals surface area contributed by atoms with Crippen molar-refractivity contribution in [3.63, 3.8) is 0 Å². The summed E-state index contributed by atoms with van der Waals surface area (Å²) < 4.78 is 43.4. The largest absolute Gasteiger partial charge is 0.0629 e.